The average molecular weight is 286 g/mol. The number of hydrogen-bond acceptors (Lipinski definition) is 6. The zero-order valence-electron chi connectivity index (χ0n) is 12.8. The van der Waals surface area contributed by atoms with Gasteiger partial charge < -0.3 is 20.2 Å². The lowest BCUT2D eigenvalue weighted by atomic mass is 10.2. The van der Waals surface area contributed by atoms with Gasteiger partial charge in [0.25, 0.3) is 0 Å². The molecule has 7 nitrogen and oxygen atoms in total. The molecule has 1 amide bonds. The average Bonchev–Trinajstić information content (AvgIpc) is 2.78. The van der Waals surface area contributed by atoms with E-state index in [4.69, 9.17) is 10.5 Å². The number of nitrogens with zero attached hydrogens (tertiary/aromatic N) is 2. The summed E-state index contributed by atoms with van der Waals surface area (Å²) in [6.45, 7) is 8.66. The van der Waals surface area contributed by atoms with Crippen LogP contribution in [-0.4, -0.2) is 35.0 Å². The van der Waals surface area contributed by atoms with Crippen molar-refractivity contribution < 1.29 is 13.9 Å². The maximum atomic E-state index is 11.1. The highest BCUT2D eigenvalue weighted by Gasteiger charge is 2.15. The van der Waals surface area contributed by atoms with Crippen molar-refractivity contribution >= 4 is 6.09 Å². The van der Waals surface area contributed by atoms with E-state index in [-0.39, 0.29) is 6.09 Å². The molecule has 1 heterocycles. The van der Waals surface area contributed by atoms with E-state index in [0.717, 1.165) is 19.3 Å². The lowest BCUT2D eigenvalue weighted by Gasteiger charge is -2.19. The van der Waals surface area contributed by atoms with E-state index < -0.39 is 5.60 Å². The number of aromatic nitrogens is 2. The normalized spacial score (nSPS) is 10.4. The second-order valence-corrected chi connectivity index (χ2v) is 5.24. The molecule has 0 fully saturated rings. The molecule has 0 saturated carbocycles. The zero-order chi connectivity index (χ0) is 15.4. The number of unbranched alkanes of at least 4 members (excludes halogenated alkanes) is 2. The van der Waals surface area contributed by atoms with Gasteiger partial charge in [0.2, 0.25) is 12.3 Å². The molecule has 0 aromatic carbocycles. The number of carbonyl (C=O) groups excluding carboxylic acids is 1. The number of hydrogen-bond donors (Lipinski definition) is 2. The maximum absolute atomic E-state index is 11.1. The van der Waals surface area contributed by atoms with Gasteiger partial charge in [-0.25, -0.2) is 4.79 Å². The summed E-state index contributed by atoms with van der Waals surface area (Å²) in [6, 6.07) is 0. The van der Waals surface area contributed by atoms with Crippen LogP contribution in [0.5, 0.6) is 0 Å². The molecule has 0 aliphatic carbocycles. The molecule has 0 aliphatic rings. The first kappa shape index (κ1) is 18.4. The number of aryl methyl sites for hydroxylation is 1. The molecule has 0 bridgehead atoms. The van der Waals surface area contributed by atoms with Crippen LogP contribution >= 0.6 is 0 Å². The van der Waals surface area contributed by atoms with E-state index in [9.17, 15) is 4.79 Å². The summed E-state index contributed by atoms with van der Waals surface area (Å²) in [7, 11) is 0. The van der Waals surface area contributed by atoms with E-state index in [0.29, 0.717) is 19.0 Å². The fourth-order valence-corrected chi connectivity index (χ4v) is 1.18. The number of amides is 1. The number of nitrogens with two attached hydrogens (primary N) is 1. The molecule has 0 atom stereocenters. The van der Waals surface area contributed by atoms with Gasteiger partial charge in [0.05, 0.1) is 0 Å². The van der Waals surface area contributed by atoms with Crippen LogP contribution in [0.15, 0.2) is 10.8 Å². The molecule has 0 spiro atoms. The van der Waals surface area contributed by atoms with Gasteiger partial charge in [0, 0.05) is 13.5 Å². The van der Waals surface area contributed by atoms with Crippen LogP contribution in [-0.2, 0) is 4.74 Å². The summed E-state index contributed by atoms with van der Waals surface area (Å²) in [4.78, 5) is 11.1. The molecule has 7 heteroatoms. The largest absolute Gasteiger partial charge is 0.444 e. The van der Waals surface area contributed by atoms with Gasteiger partial charge in [-0.3, -0.25) is 0 Å². The predicted molar refractivity (Wildman–Crippen MR) is 76.2 cm³/mol. The molecular weight excluding hydrogens is 260 g/mol. The Morgan fingerprint density at radius 3 is 2.50 bits per heavy atom. The SMILES string of the molecule is CC(C)(C)OC(=O)NCCCCCN.Cc1nnco1. The van der Waals surface area contributed by atoms with Crippen LogP contribution in [0, 0.1) is 6.92 Å². The molecule has 1 rings (SSSR count). The Morgan fingerprint density at radius 1 is 1.40 bits per heavy atom. The number of nitrogens with one attached hydrogen (secondary N) is 1. The Bertz CT molecular complexity index is 347. The van der Waals surface area contributed by atoms with Gasteiger partial charge in [-0.05, 0) is 40.2 Å². The fourth-order valence-electron chi connectivity index (χ4n) is 1.18. The van der Waals surface area contributed by atoms with Gasteiger partial charge in [-0.1, -0.05) is 6.42 Å². The van der Waals surface area contributed by atoms with E-state index in [2.05, 4.69) is 19.9 Å². The van der Waals surface area contributed by atoms with Crippen molar-refractivity contribution in [1.82, 2.24) is 15.5 Å². The van der Waals surface area contributed by atoms with E-state index in [1.54, 1.807) is 6.92 Å². The zero-order valence-corrected chi connectivity index (χ0v) is 12.8. The molecule has 0 saturated heterocycles. The lowest BCUT2D eigenvalue weighted by molar-refractivity contribution is 0.0527. The number of alkyl carbamates (subject to hydrolysis) is 1. The first-order valence-corrected chi connectivity index (χ1v) is 6.75. The third-order valence-electron chi connectivity index (χ3n) is 2.02. The first-order chi connectivity index (χ1) is 9.35. The number of ether oxygens (including phenoxy) is 1. The Morgan fingerprint density at radius 2 is 2.10 bits per heavy atom. The van der Waals surface area contributed by atoms with Gasteiger partial charge >= 0.3 is 6.09 Å². The van der Waals surface area contributed by atoms with E-state index in [1.807, 2.05) is 20.8 Å². The molecule has 0 aliphatic heterocycles. The summed E-state index contributed by atoms with van der Waals surface area (Å²) in [5.74, 6) is 0.606. The van der Waals surface area contributed by atoms with Crippen LogP contribution in [0.4, 0.5) is 4.79 Å². The molecule has 116 valence electrons. The Hall–Kier alpha value is -1.63. The minimum Gasteiger partial charge on any atom is -0.444 e. The van der Waals surface area contributed by atoms with Gasteiger partial charge in [0.1, 0.15) is 5.60 Å². The van der Waals surface area contributed by atoms with Crippen molar-refractivity contribution in [2.24, 2.45) is 5.73 Å². The van der Waals surface area contributed by atoms with Crippen LogP contribution in [0.1, 0.15) is 45.9 Å². The monoisotopic (exact) mass is 286 g/mol. The smallest absolute Gasteiger partial charge is 0.407 e. The van der Waals surface area contributed by atoms with Crippen molar-refractivity contribution in [3.8, 4) is 0 Å². The third kappa shape index (κ3) is 12.8. The Kier molecular flexibility index (Phi) is 9.36. The molecular formula is C13H26N4O3. The highest BCUT2D eigenvalue weighted by molar-refractivity contribution is 5.67. The highest BCUT2D eigenvalue weighted by atomic mass is 16.6. The van der Waals surface area contributed by atoms with Crippen LogP contribution in [0.2, 0.25) is 0 Å². The van der Waals surface area contributed by atoms with Crippen molar-refractivity contribution in [3.63, 3.8) is 0 Å². The molecule has 0 radical (unpaired) electrons. The molecule has 20 heavy (non-hydrogen) atoms. The molecule has 3 N–H and O–H groups in total. The maximum Gasteiger partial charge on any atom is 0.407 e. The van der Waals surface area contributed by atoms with Crippen molar-refractivity contribution in [3.05, 3.63) is 12.3 Å². The fraction of sp³-hybridized carbons (Fsp3) is 0.769. The van der Waals surface area contributed by atoms with Crippen LogP contribution in [0.25, 0.3) is 0 Å². The Labute approximate surface area is 120 Å². The van der Waals surface area contributed by atoms with Crippen molar-refractivity contribution in [2.45, 2.75) is 52.6 Å². The highest BCUT2D eigenvalue weighted by Crippen LogP contribution is 2.06. The van der Waals surface area contributed by atoms with E-state index in [1.165, 1.54) is 6.39 Å². The predicted octanol–water partition coefficient (Wildman–Crippen LogP) is 2.02. The number of rotatable bonds is 5. The quantitative estimate of drug-likeness (QED) is 0.803. The van der Waals surface area contributed by atoms with Crippen molar-refractivity contribution in [2.75, 3.05) is 13.1 Å². The summed E-state index contributed by atoms with van der Waals surface area (Å²) < 4.78 is 9.68. The summed E-state index contributed by atoms with van der Waals surface area (Å²) in [5.41, 5.74) is 4.93. The summed E-state index contributed by atoms with van der Waals surface area (Å²) >= 11 is 0. The minimum atomic E-state index is -0.415. The standard InChI is InChI=1S/C10H22N2O2.C3H4N2O/c1-10(2,3)14-9(13)12-8-6-4-5-7-11;1-3-5-4-2-6-3/h4-8,11H2,1-3H3,(H,12,13);2H,1H3. The molecule has 1 aromatic rings. The van der Waals surface area contributed by atoms with Crippen molar-refractivity contribution in [1.29, 1.82) is 0 Å². The molecule has 1 aromatic heterocycles. The van der Waals surface area contributed by atoms with Gasteiger partial charge in [-0.15, -0.1) is 10.2 Å². The van der Waals surface area contributed by atoms with Crippen LogP contribution < -0.4 is 11.1 Å². The lowest BCUT2D eigenvalue weighted by Crippen LogP contribution is -2.33. The molecule has 0 unspecified atom stereocenters. The number of carbonyl (C=O) groups is 1. The van der Waals surface area contributed by atoms with E-state index >= 15 is 0 Å². The topological polar surface area (TPSA) is 103 Å². The second-order valence-electron chi connectivity index (χ2n) is 5.24. The second kappa shape index (κ2) is 10.2. The summed E-state index contributed by atoms with van der Waals surface area (Å²) in [6.07, 6.45) is 3.97. The van der Waals surface area contributed by atoms with Crippen LogP contribution in [0.3, 0.4) is 0 Å². The van der Waals surface area contributed by atoms with Gasteiger partial charge in [0.15, 0.2) is 0 Å². The third-order valence-corrected chi connectivity index (χ3v) is 2.02. The Balaban J connectivity index is 0.000000493. The van der Waals surface area contributed by atoms with Gasteiger partial charge in [-0.2, -0.15) is 0 Å². The first-order valence-electron chi connectivity index (χ1n) is 6.75. The minimum absolute atomic E-state index is 0.342. The summed E-state index contributed by atoms with van der Waals surface area (Å²) in [5, 5.41) is 9.60.